The third kappa shape index (κ3) is 15.1. The standard InChI is InChI=1S/C47H66N6O9S/c1-31-41(63-30-49-31)34-21-19-32(20-22-34)27-48-43(57)37-26-36(54)28-53(37)45(59)42(47(2,3)4)51-39(56)29-62-25-12-11-24-61-23-10-6-7-14-33-15-13-18-38(55)40(33)44(58)52-46(60)50-35-16-8-5-9-17-35/h13,15,18-22,30,35-37,42,54-55H,5-12,14,16-17,23-29H2,1-4H3,(H,48,57)(H,51,56)(H2,50,52,58,60). The summed E-state index contributed by atoms with van der Waals surface area (Å²) in [7, 11) is 0. The molecule has 1 saturated carbocycles. The van der Waals surface area contributed by atoms with Crippen molar-refractivity contribution >= 4 is 41.0 Å². The summed E-state index contributed by atoms with van der Waals surface area (Å²) in [4.78, 5) is 72.4. The Morgan fingerprint density at radius 1 is 0.921 bits per heavy atom. The number of hydrogen-bond acceptors (Lipinski definition) is 11. The lowest BCUT2D eigenvalue weighted by molar-refractivity contribution is -0.144. The number of β-amino-alcohol motifs (C(OH)–C–C–N with tert-alkyl or cyclic N) is 1. The Labute approximate surface area is 375 Å². The topological polar surface area (TPSA) is 209 Å². The van der Waals surface area contributed by atoms with Gasteiger partial charge in [0, 0.05) is 45.4 Å². The first-order valence-corrected chi connectivity index (χ1v) is 23.2. The number of aliphatic hydroxyl groups is 1. The number of unbranched alkanes of at least 4 members (excludes halogenated alkanes) is 3. The van der Waals surface area contributed by atoms with E-state index in [1.165, 1.54) is 11.0 Å². The Morgan fingerprint density at radius 3 is 2.30 bits per heavy atom. The lowest BCUT2D eigenvalue weighted by atomic mass is 9.85. The highest BCUT2D eigenvalue weighted by Gasteiger charge is 2.44. The number of amides is 6. The zero-order valence-corrected chi connectivity index (χ0v) is 38.0. The molecule has 1 aliphatic heterocycles. The summed E-state index contributed by atoms with van der Waals surface area (Å²) in [6, 6.07) is 10.5. The Morgan fingerprint density at radius 2 is 1.62 bits per heavy atom. The van der Waals surface area contributed by atoms with Crippen LogP contribution in [0.2, 0.25) is 0 Å². The van der Waals surface area contributed by atoms with Crippen LogP contribution in [0.15, 0.2) is 48.0 Å². The molecule has 1 saturated heterocycles. The second kappa shape index (κ2) is 24.2. The van der Waals surface area contributed by atoms with Crippen molar-refractivity contribution in [2.24, 2.45) is 5.41 Å². The maximum absolute atomic E-state index is 13.9. The van der Waals surface area contributed by atoms with Gasteiger partial charge in [-0.15, -0.1) is 11.3 Å². The van der Waals surface area contributed by atoms with Gasteiger partial charge in [-0.25, -0.2) is 9.78 Å². The number of hydrogen-bond donors (Lipinski definition) is 6. The summed E-state index contributed by atoms with van der Waals surface area (Å²) in [5.41, 5.74) is 4.85. The largest absolute Gasteiger partial charge is 0.507 e. The maximum atomic E-state index is 13.9. The van der Waals surface area contributed by atoms with Crippen LogP contribution < -0.4 is 21.3 Å². The monoisotopic (exact) mass is 890 g/mol. The van der Waals surface area contributed by atoms with Crippen LogP contribution in [0.4, 0.5) is 4.79 Å². The number of likely N-dealkylation sites (tertiary alicyclic amines) is 1. The fourth-order valence-corrected chi connectivity index (χ4v) is 8.86. The molecule has 1 aromatic heterocycles. The number of aromatic nitrogens is 1. The number of rotatable bonds is 21. The summed E-state index contributed by atoms with van der Waals surface area (Å²) in [5, 5.41) is 32.0. The van der Waals surface area contributed by atoms with Gasteiger partial charge in [0.25, 0.3) is 5.91 Å². The van der Waals surface area contributed by atoms with E-state index in [1.54, 1.807) is 23.5 Å². The quantitative estimate of drug-likeness (QED) is 0.0695. The van der Waals surface area contributed by atoms with Crippen LogP contribution in [-0.2, 0) is 36.8 Å². The molecule has 2 fully saturated rings. The van der Waals surface area contributed by atoms with E-state index in [0.717, 1.165) is 79.5 Å². The van der Waals surface area contributed by atoms with Gasteiger partial charge in [-0.1, -0.05) is 82.9 Å². The van der Waals surface area contributed by atoms with Crippen molar-refractivity contribution in [2.75, 3.05) is 33.0 Å². The second-order valence-electron chi connectivity index (χ2n) is 17.7. The molecule has 2 aromatic carbocycles. The number of nitrogens with zero attached hydrogens (tertiary/aromatic N) is 2. The predicted molar refractivity (Wildman–Crippen MR) is 241 cm³/mol. The Bertz CT molecular complexity index is 1980. The highest BCUT2D eigenvalue weighted by atomic mass is 32.1. The second-order valence-corrected chi connectivity index (χ2v) is 18.6. The van der Waals surface area contributed by atoms with Gasteiger partial charge < -0.3 is 40.5 Å². The van der Waals surface area contributed by atoms with E-state index in [4.69, 9.17) is 9.47 Å². The van der Waals surface area contributed by atoms with Crippen molar-refractivity contribution in [3.8, 4) is 16.2 Å². The molecule has 0 radical (unpaired) electrons. The molecule has 3 aromatic rings. The lowest BCUT2D eigenvalue weighted by Crippen LogP contribution is -2.58. The van der Waals surface area contributed by atoms with Crippen molar-refractivity contribution < 1.29 is 43.7 Å². The molecule has 1 aliphatic carbocycles. The van der Waals surface area contributed by atoms with E-state index in [9.17, 15) is 34.2 Å². The number of carbonyl (C=O) groups is 5. The zero-order valence-electron chi connectivity index (χ0n) is 37.2. The summed E-state index contributed by atoms with van der Waals surface area (Å²) in [6.45, 7) is 8.93. The van der Waals surface area contributed by atoms with Crippen molar-refractivity contribution in [3.05, 3.63) is 70.4 Å². The van der Waals surface area contributed by atoms with E-state index < -0.39 is 47.4 Å². The molecule has 2 heterocycles. The predicted octanol–water partition coefficient (Wildman–Crippen LogP) is 5.93. The van der Waals surface area contributed by atoms with Crippen molar-refractivity contribution in [1.82, 2.24) is 31.2 Å². The molecule has 5 rings (SSSR count). The molecule has 3 unspecified atom stereocenters. The summed E-state index contributed by atoms with van der Waals surface area (Å²) in [5.74, 6) is -2.01. The molecule has 63 heavy (non-hydrogen) atoms. The maximum Gasteiger partial charge on any atom is 0.321 e. The van der Waals surface area contributed by atoms with Crippen LogP contribution in [0, 0.1) is 12.3 Å². The summed E-state index contributed by atoms with van der Waals surface area (Å²) < 4.78 is 11.4. The van der Waals surface area contributed by atoms with Gasteiger partial charge >= 0.3 is 6.03 Å². The minimum absolute atomic E-state index is 0.0105. The number of urea groups is 1. The first-order chi connectivity index (χ1) is 30.2. The average Bonchev–Trinajstić information content (AvgIpc) is 3.87. The fourth-order valence-electron chi connectivity index (χ4n) is 8.05. The zero-order chi connectivity index (χ0) is 45.4. The molecule has 344 valence electrons. The van der Waals surface area contributed by atoms with E-state index >= 15 is 0 Å². The normalized spacial score (nSPS) is 17.3. The average molecular weight is 891 g/mol. The first kappa shape index (κ1) is 49.1. The number of aryl methyl sites for hydroxylation is 2. The Kier molecular flexibility index (Phi) is 18.9. The molecule has 0 bridgehead atoms. The number of carbonyl (C=O) groups excluding carboxylic acids is 5. The summed E-state index contributed by atoms with van der Waals surface area (Å²) >= 11 is 1.57. The number of phenols is 1. The molecule has 3 atom stereocenters. The van der Waals surface area contributed by atoms with Gasteiger partial charge in [0.15, 0.2) is 0 Å². The van der Waals surface area contributed by atoms with Gasteiger partial charge in [-0.2, -0.15) is 0 Å². The fraction of sp³-hybridized carbons (Fsp3) is 0.574. The summed E-state index contributed by atoms with van der Waals surface area (Å²) in [6.07, 6.45) is 8.75. The van der Waals surface area contributed by atoms with Crippen molar-refractivity contribution in [2.45, 2.75) is 136 Å². The van der Waals surface area contributed by atoms with Crippen LogP contribution in [-0.4, -0.2) is 107 Å². The number of ether oxygens (including phenoxy) is 2. The third-order valence-corrected chi connectivity index (χ3v) is 12.5. The Hall–Kier alpha value is -4.90. The number of aromatic hydroxyl groups is 1. The number of thiazole rings is 1. The van der Waals surface area contributed by atoms with Crippen LogP contribution in [0.3, 0.4) is 0 Å². The van der Waals surface area contributed by atoms with Gasteiger partial charge in [0.05, 0.1) is 27.7 Å². The highest BCUT2D eigenvalue weighted by molar-refractivity contribution is 7.13. The number of benzene rings is 2. The van der Waals surface area contributed by atoms with Gasteiger partial charge in [0.1, 0.15) is 24.4 Å². The van der Waals surface area contributed by atoms with Crippen molar-refractivity contribution in [1.29, 1.82) is 0 Å². The minimum Gasteiger partial charge on any atom is -0.507 e. The van der Waals surface area contributed by atoms with E-state index in [0.29, 0.717) is 38.2 Å². The molecule has 2 aliphatic rings. The van der Waals surface area contributed by atoms with Crippen molar-refractivity contribution in [3.63, 3.8) is 0 Å². The third-order valence-electron chi connectivity index (χ3n) is 11.5. The SMILES string of the molecule is Cc1ncsc1-c1ccc(CNC(=O)C2CC(O)CN2C(=O)C(NC(=O)COCCCCOCCCCCc2cccc(O)c2C(=O)NC(=O)NC2CCCCC2)C(C)(C)C)cc1. The van der Waals surface area contributed by atoms with E-state index in [-0.39, 0.29) is 49.4 Å². The highest BCUT2D eigenvalue weighted by Crippen LogP contribution is 2.29. The van der Waals surface area contributed by atoms with Gasteiger partial charge in [0.2, 0.25) is 17.7 Å². The molecule has 0 spiro atoms. The molecule has 6 amide bonds. The van der Waals surface area contributed by atoms with E-state index in [1.807, 2.05) is 57.5 Å². The van der Waals surface area contributed by atoms with Crippen LogP contribution >= 0.6 is 11.3 Å². The number of imide groups is 1. The number of aliphatic hydroxyl groups excluding tert-OH is 1. The molecule has 6 N–H and O–H groups in total. The lowest BCUT2D eigenvalue weighted by Gasteiger charge is -2.35. The Balaban J connectivity index is 0.947. The molecule has 16 heteroatoms. The minimum atomic E-state index is -0.948. The number of phenolic OH excluding ortho intramolecular Hbond substituents is 1. The van der Waals surface area contributed by atoms with Crippen LogP contribution in [0.5, 0.6) is 5.75 Å². The molecule has 15 nitrogen and oxygen atoms in total. The van der Waals surface area contributed by atoms with Gasteiger partial charge in [-0.3, -0.25) is 24.5 Å². The number of nitrogens with one attached hydrogen (secondary N) is 4. The smallest absolute Gasteiger partial charge is 0.321 e. The first-order valence-electron chi connectivity index (χ1n) is 22.3. The molecular weight excluding hydrogens is 825 g/mol. The van der Waals surface area contributed by atoms with Crippen LogP contribution in [0.25, 0.3) is 10.4 Å². The van der Waals surface area contributed by atoms with E-state index in [2.05, 4.69) is 26.3 Å². The molecular formula is C47H66N6O9S. The van der Waals surface area contributed by atoms with Gasteiger partial charge in [-0.05, 0) is 80.0 Å². The van der Waals surface area contributed by atoms with Crippen LogP contribution in [0.1, 0.15) is 119 Å².